The van der Waals surface area contributed by atoms with Gasteiger partial charge in [0, 0.05) is 29.9 Å². The van der Waals surface area contributed by atoms with Gasteiger partial charge in [0.15, 0.2) is 5.82 Å². The molecular weight excluding hydrogens is 340 g/mol. The molecule has 4 rings (SSSR count). The summed E-state index contributed by atoms with van der Waals surface area (Å²) in [5.74, 6) is 0.0895. The van der Waals surface area contributed by atoms with E-state index >= 15 is 0 Å². The van der Waals surface area contributed by atoms with Crippen molar-refractivity contribution in [1.82, 2.24) is 9.55 Å². The van der Waals surface area contributed by atoms with Gasteiger partial charge in [-0.05, 0) is 25.1 Å². The molecule has 132 valence electrons. The molecular formula is C21H16N4O2. The summed E-state index contributed by atoms with van der Waals surface area (Å²) in [5, 5.41) is 9.37. The third kappa shape index (κ3) is 2.89. The Kier molecular flexibility index (Phi) is 4.05. The van der Waals surface area contributed by atoms with Crippen molar-refractivity contribution >= 4 is 11.7 Å². The number of benzene rings is 2. The summed E-state index contributed by atoms with van der Waals surface area (Å²) in [5.41, 5.74) is 4.57. The molecule has 0 spiro atoms. The summed E-state index contributed by atoms with van der Waals surface area (Å²) in [6.45, 7) is 3.28. The maximum absolute atomic E-state index is 11.7. The first-order chi connectivity index (χ1) is 13.1. The van der Waals surface area contributed by atoms with Gasteiger partial charge in [-0.25, -0.2) is 9.98 Å². The maximum atomic E-state index is 11.7. The molecule has 3 aromatic rings. The molecule has 1 aliphatic rings. The Bertz CT molecular complexity index is 1110. The molecule has 0 saturated heterocycles. The third-order valence-corrected chi connectivity index (χ3v) is 4.38. The first kappa shape index (κ1) is 16.7. The number of hydrogen-bond acceptors (Lipinski definition) is 5. The molecule has 0 N–H and O–H groups in total. The minimum Gasteiger partial charge on any atom is -0.432 e. The normalized spacial score (nSPS) is 15.0. The number of carbonyl (C=O) groups is 1. The Hall–Kier alpha value is -3.72. The number of aliphatic imine (C=N–C) groups is 1. The molecule has 6 nitrogen and oxygen atoms in total. The predicted molar refractivity (Wildman–Crippen MR) is 99.6 cm³/mol. The van der Waals surface area contributed by atoms with Crippen molar-refractivity contribution < 1.29 is 9.53 Å². The first-order valence-electron chi connectivity index (χ1n) is 8.48. The van der Waals surface area contributed by atoms with Crippen LogP contribution in [0.5, 0.6) is 0 Å². The SMILES string of the molecule is CC(=O)OC1N=C(c2ccccc2)c2cc(C#N)ccc2-n2c(C)cnc21. The van der Waals surface area contributed by atoms with E-state index in [0.29, 0.717) is 17.1 Å². The molecule has 6 heteroatoms. The number of hydrogen-bond donors (Lipinski definition) is 0. The zero-order chi connectivity index (χ0) is 19.0. The number of imidazole rings is 1. The van der Waals surface area contributed by atoms with Gasteiger partial charge in [-0.2, -0.15) is 5.26 Å². The van der Waals surface area contributed by atoms with Gasteiger partial charge in [0.25, 0.3) is 6.23 Å². The number of aryl methyl sites for hydroxylation is 1. The van der Waals surface area contributed by atoms with Crippen LogP contribution in [0.1, 0.15) is 41.4 Å². The predicted octanol–water partition coefficient (Wildman–Crippen LogP) is 3.47. The number of aromatic nitrogens is 2. The van der Waals surface area contributed by atoms with Gasteiger partial charge in [0.2, 0.25) is 0 Å². The second-order valence-corrected chi connectivity index (χ2v) is 6.24. The minimum atomic E-state index is -0.871. The monoisotopic (exact) mass is 356 g/mol. The lowest BCUT2D eigenvalue weighted by Gasteiger charge is -2.14. The lowest BCUT2D eigenvalue weighted by molar-refractivity contribution is -0.146. The van der Waals surface area contributed by atoms with Crippen molar-refractivity contribution in [2.24, 2.45) is 4.99 Å². The summed E-state index contributed by atoms with van der Waals surface area (Å²) >= 11 is 0. The molecule has 0 bridgehead atoms. The van der Waals surface area contributed by atoms with Crippen molar-refractivity contribution in [3.8, 4) is 11.8 Å². The molecule has 0 radical (unpaired) electrons. The van der Waals surface area contributed by atoms with E-state index in [1.165, 1.54) is 6.92 Å². The second-order valence-electron chi connectivity index (χ2n) is 6.24. The van der Waals surface area contributed by atoms with Crippen molar-refractivity contribution in [3.63, 3.8) is 0 Å². The van der Waals surface area contributed by atoms with Gasteiger partial charge in [-0.3, -0.25) is 9.36 Å². The van der Waals surface area contributed by atoms with Gasteiger partial charge in [-0.15, -0.1) is 0 Å². The van der Waals surface area contributed by atoms with Crippen LogP contribution in [0.2, 0.25) is 0 Å². The van der Waals surface area contributed by atoms with Crippen molar-refractivity contribution in [2.75, 3.05) is 0 Å². The van der Waals surface area contributed by atoms with Crippen LogP contribution in [0.15, 0.2) is 59.7 Å². The number of nitriles is 1. The standard InChI is InChI=1S/C21H16N4O2/c1-13-12-23-20-21(27-14(2)26)24-19(16-6-4-3-5-7-16)17-10-15(11-22)8-9-18(17)25(13)20/h3-10,12,21H,1-2H3. The van der Waals surface area contributed by atoms with E-state index in [9.17, 15) is 10.1 Å². The molecule has 1 unspecified atom stereocenters. The van der Waals surface area contributed by atoms with Gasteiger partial charge in [0.1, 0.15) is 0 Å². The fraction of sp³-hybridized carbons (Fsp3) is 0.143. The highest BCUT2D eigenvalue weighted by Gasteiger charge is 2.29. The largest absolute Gasteiger partial charge is 0.432 e. The van der Waals surface area contributed by atoms with Crippen LogP contribution in [0, 0.1) is 18.3 Å². The van der Waals surface area contributed by atoms with Gasteiger partial charge >= 0.3 is 5.97 Å². The highest BCUT2D eigenvalue weighted by atomic mass is 16.6. The lowest BCUT2D eigenvalue weighted by atomic mass is 9.98. The van der Waals surface area contributed by atoms with Gasteiger partial charge in [0.05, 0.1) is 23.0 Å². The Morgan fingerprint density at radius 3 is 2.70 bits per heavy atom. The summed E-state index contributed by atoms with van der Waals surface area (Å²) < 4.78 is 7.40. The molecule has 1 aliphatic heterocycles. The summed E-state index contributed by atoms with van der Waals surface area (Å²) in [6, 6.07) is 17.3. The van der Waals surface area contributed by atoms with Gasteiger partial charge in [-0.1, -0.05) is 30.3 Å². The smallest absolute Gasteiger partial charge is 0.304 e. The highest BCUT2D eigenvalue weighted by Crippen LogP contribution is 2.32. The summed E-state index contributed by atoms with van der Waals surface area (Å²) in [7, 11) is 0. The van der Waals surface area contributed by atoms with Crippen LogP contribution in [0.4, 0.5) is 0 Å². The maximum Gasteiger partial charge on any atom is 0.304 e. The van der Waals surface area contributed by atoms with Gasteiger partial charge < -0.3 is 4.74 Å². The molecule has 1 aromatic heterocycles. The van der Waals surface area contributed by atoms with Crippen molar-refractivity contribution in [3.05, 3.63) is 82.9 Å². The van der Waals surface area contributed by atoms with Crippen LogP contribution in [0.25, 0.3) is 5.69 Å². The number of rotatable bonds is 2. The minimum absolute atomic E-state index is 0.438. The average Bonchev–Trinajstić information content (AvgIpc) is 3.00. The van der Waals surface area contributed by atoms with E-state index in [2.05, 4.69) is 11.1 Å². The number of ether oxygens (including phenoxy) is 1. The zero-order valence-electron chi connectivity index (χ0n) is 14.9. The van der Waals surface area contributed by atoms with Crippen LogP contribution in [-0.2, 0) is 9.53 Å². The number of nitrogens with zero attached hydrogens (tertiary/aromatic N) is 4. The van der Waals surface area contributed by atoms with E-state index in [-0.39, 0.29) is 0 Å². The molecule has 1 atom stereocenters. The van der Waals surface area contributed by atoms with E-state index in [4.69, 9.17) is 9.73 Å². The van der Waals surface area contributed by atoms with E-state index in [1.54, 1.807) is 18.3 Å². The van der Waals surface area contributed by atoms with Crippen LogP contribution < -0.4 is 0 Å². The first-order valence-corrected chi connectivity index (χ1v) is 8.48. The lowest BCUT2D eigenvalue weighted by Crippen LogP contribution is -2.12. The molecule has 0 amide bonds. The summed E-state index contributed by atoms with van der Waals surface area (Å²) in [6.07, 6.45) is 0.848. The highest BCUT2D eigenvalue weighted by molar-refractivity contribution is 6.15. The summed E-state index contributed by atoms with van der Waals surface area (Å²) in [4.78, 5) is 20.9. The van der Waals surface area contributed by atoms with Crippen molar-refractivity contribution in [2.45, 2.75) is 20.1 Å². The Labute approximate surface area is 156 Å². The van der Waals surface area contributed by atoms with Crippen LogP contribution in [-0.4, -0.2) is 21.2 Å². The molecule has 2 aromatic carbocycles. The van der Waals surface area contributed by atoms with E-state index in [1.807, 2.05) is 47.9 Å². The van der Waals surface area contributed by atoms with Crippen LogP contribution in [0.3, 0.4) is 0 Å². The molecule has 0 aliphatic carbocycles. The zero-order valence-corrected chi connectivity index (χ0v) is 14.9. The Morgan fingerprint density at radius 1 is 1.22 bits per heavy atom. The molecule has 2 heterocycles. The molecule has 27 heavy (non-hydrogen) atoms. The third-order valence-electron chi connectivity index (χ3n) is 4.38. The fourth-order valence-electron chi connectivity index (χ4n) is 3.24. The average molecular weight is 356 g/mol. The van der Waals surface area contributed by atoms with E-state index < -0.39 is 12.2 Å². The second kappa shape index (κ2) is 6.54. The van der Waals surface area contributed by atoms with Crippen molar-refractivity contribution in [1.29, 1.82) is 5.26 Å². The molecule has 0 fully saturated rings. The Morgan fingerprint density at radius 2 is 2.00 bits per heavy atom. The van der Waals surface area contributed by atoms with Crippen LogP contribution >= 0.6 is 0 Å². The Balaban J connectivity index is 2.05. The quantitative estimate of drug-likeness (QED) is 0.659. The number of fused-ring (bicyclic) bond motifs is 3. The van der Waals surface area contributed by atoms with E-state index in [0.717, 1.165) is 22.5 Å². The molecule has 0 saturated carbocycles. The topological polar surface area (TPSA) is 80.3 Å². The number of esters is 1. The fourth-order valence-corrected chi connectivity index (χ4v) is 3.24. The number of carbonyl (C=O) groups excluding carboxylic acids is 1.